The van der Waals surface area contributed by atoms with Crippen LogP contribution in [0.3, 0.4) is 0 Å². The minimum absolute atomic E-state index is 0.0781. The van der Waals surface area contributed by atoms with Crippen molar-refractivity contribution in [1.29, 1.82) is 5.26 Å². The Balaban J connectivity index is 2.40. The van der Waals surface area contributed by atoms with Crippen molar-refractivity contribution in [3.8, 4) is 6.07 Å². The first-order valence-corrected chi connectivity index (χ1v) is 6.34. The van der Waals surface area contributed by atoms with Gasteiger partial charge in [0.15, 0.2) is 0 Å². The molecule has 0 aliphatic heterocycles. The zero-order chi connectivity index (χ0) is 16.1. The van der Waals surface area contributed by atoms with Gasteiger partial charge >= 0.3 is 5.97 Å². The number of carbonyl (C=O) groups is 1. The van der Waals surface area contributed by atoms with Crippen molar-refractivity contribution in [3.63, 3.8) is 0 Å². The molecular weight excluding hydrogens is 285 g/mol. The second kappa shape index (κ2) is 6.50. The molecule has 2 rings (SSSR count). The number of carboxylic acid groups (broad SMARTS) is 1. The molecule has 0 aliphatic rings. The maximum atomic E-state index is 13.3. The van der Waals surface area contributed by atoms with E-state index in [9.17, 15) is 14.3 Å². The van der Waals surface area contributed by atoms with Crippen LogP contribution in [0.4, 0.5) is 4.39 Å². The molecule has 0 saturated heterocycles. The van der Waals surface area contributed by atoms with E-state index in [4.69, 9.17) is 11.1 Å². The van der Waals surface area contributed by atoms with Crippen LogP contribution in [-0.2, 0) is 6.42 Å². The van der Waals surface area contributed by atoms with Gasteiger partial charge < -0.3 is 10.9 Å². The number of rotatable bonds is 4. The summed E-state index contributed by atoms with van der Waals surface area (Å²) in [6.45, 7) is 0. The first-order valence-electron chi connectivity index (χ1n) is 6.34. The predicted molar refractivity (Wildman–Crippen MR) is 78.9 cm³/mol. The van der Waals surface area contributed by atoms with E-state index < -0.39 is 11.8 Å². The standard InChI is InChI=1S/C16H12FN3O2/c17-14-6-5-10(7-11(14)9-18)8-15(20-19)12-3-1-2-4-13(12)16(21)22/h1-7H,8,19H2,(H,21,22)/b20-15-. The molecule has 0 amide bonds. The first kappa shape index (κ1) is 15.2. The molecule has 0 saturated carbocycles. The summed E-state index contributed by atoms with van der Waals surface area (Å²) < 4.78 is 13.3. The van der Waals surface area contributed by atoms with Crippen molar-refractivity contribution in [1.82, 2.24) is 0 Å². The Morgan fingerprint density at radius 1 is 1.27 bits per heavy atom. The highest BCUT2D eigenvalue weighted by molar-refractivity contribution is 6.09. The lowest BCUT2D eigenvalue weighted by Crippen LogP contribution is -2.14. The van der Waals surface area contributed by atoms with Gasteiger partial charge in [-0.3, -0.25) is 0 Å². The molecule has 0 heterocycles. The third kappa shape index (κ3) is 3.10. The average Bonchev–Trinajstić information content (AvgIpc) is 2.54. The fourth-order valence-electron chi connectivity index (χ4n) is 2.09. The summed E-state index contributed by atoms with van der Waals surface area (Å²) in [4.78, 5) is 11.3. The summed E-state index contributed by atoms with van der Waals surface area (Å²) in [6.07, 6.45) is 0.190. The highest BCUT2D eigenvalue weighted by Gasteiger charge is 2.15. The monoisotopic (exact) mass is 297 g/mol. The topological polar surface area (TPSA) is 99.5 Å². The molecule has 0 aliphatic carbocycles. The number of hydrogen-bond donors (Lipinski definition) is 2. The zero-order valence-electron chi connectivity index (χ0n) is 11.5. The Morgan fingerprint density at radius 3 is 2.55 bits per heavy atom. The van der Waals surface area contributed by atoms with Crippen LogP contribution < -0.4 is 5.84 Å². The van der Waals surface area contributed by atoms with Gasteiger partial charge in [-0.1, -0.05) is 24.3 Å². The minimum Gasteiger partial charge on any atom is -0.478 e. The van der Waals surface area contributed by atoms with E-state index in [1.165, 1.54) is 24.3 Å². The molecule has 0 fully saturated rings. The van der Waals surface area contributed by atoms with Gasteiger partial charge in [-0.15, -0.1) is 0 Å². The van der Waals surface area contributed by atoms with E-state index in [0.29, 0.717) is 16.8 Å². The molecule has 0 atom stereocenters. The van der Waals surface area contributed by atoms with Crippen molar-refractivity contribution in [2.24, 2.45) is 10.9 Å². The summed E-state index contributed by atoms with van der Waals surface area (Å²) in [5, 5.41) is 21.7. The van der Waals surface area contributed by atoms with Crippen LogP contribution >= 0.6 is 0 Å². The highest BCUT2D eigenvalue weighted by Crippen LogP contribution is 2.16. The maximum absolute atomic E-state index is 13.3. The van der Waals surface area contributed by atoms with E-state index >= 15 is 0 Å². The third-order valence-corrected chi connectivity index (χ3v) is 3.15. The number of hydrazone groups is 1. The van der Waals surface area contributed by atoms with Gasteiger partial charge in [0, 0.05) is 12.0 Å². The Morgan fingerprint density at radius 2 is 1.95 bits per heavy atom. The number of carboxylic acids is 1. The summed E-state index contributed by atoms with van der Waals surface area (Å²) in [5.41, 5.74) is 1.34. The number of nitriles is 1. The van der Waals surface area contributed by atoms with E-state index in [2.05, 4.69) is 5.10 Å². The molecular formula is C16H12FN3O2. The lowest BCUT2D eigenvalue weighted by Gasteiger charge is -2.09. The molecule has 0 radical (unpaired) electrons. The van der Waals surface area contributed by atoms with Crippen LogP contribution in [0.5, 0.6) is 0 Å². The molecule has 0 spiro atoms. The van der Waals surface area contributed by atoms with Crippen molar-refractivity contribution >= 4 is 11.7 Å². The lowest BCUT2D eigenvalue weighted by molar-refractivity contribution is 0.0696. The summed E-state index contributed by atoms with van der Waals surface area (Å²) in [6, 6.07) is 12.2. The third-order valence-electron chi connectivity index (χ3n) is 3.15. The summed E-state index contributed by atoms with van der Waals surface area (Å²) in [5.74, 6) is 3.68. The van der Waals surface area contributed by atoms with Gasteiger partial charge in [0.25, 0.3) is 0 Å². The Kier molecular flexibility index (Phi) is 4.49. The number of nitrogens with two attached hydrogens (primary N) is 1. The molecule has 5 nitrogen and oxygen atoms in total. The van der Waals surface area contributed by atoms with Crippen LogP contribution in [0.2, 0.25) is 0 Å². The zero-order valence-corrected chi connectivity index (χ0v) is 11.5. The fourth-order valence-corrected chi connectivity index (χ4v) is 2.09. The van der Waals surface area contributed by atoms with Crippen LogP contribution in [0, 0.1) is 17.1 Å². The number of nitrogens with zero attached hydrogens (tertiary/aromatic N) is 2. The van der Waals surface area contributed by atoms with Crippen LogP contribution in [0.25, 0.3) is 0 Å². The molecule has 3 N–H and O–H groups in total. The molecule has 110 valence electrons. The molecule has 6 heteroatoms. The Labute approximate surface area is 126 Å². The number of hydrogen-bond acceptors (Lipinski definition) is 4. The van der Waals surface area contributed by atoms with E-state index in [1.54, 1.807) is 24.3 Å². The fraction of sp³-hybridized carbons (Fsp3) is 0.0625. The van der Waals surface area contributed by atoms with Gasteiger partial charge in [0.2, 0.25) is 0 Å². The second-order valence-corrected chi connectivity index (χ2v) is 4.53. The number of halogens is 1. The maximum Gasteiger partial charge on any atom is 0.336 e. The quantitative estimate of drug-likeness (QED) is 0.514. The van der Waals surface area contributed by atoms with Gasteiger partial charge in [-0.2, -0.15) is 10.4 Å². The Hall–Kier alpha value is -3.20. The molecule has 0 aromatic heterocycles. The average molecular weight is 297 g/mol. The number of benzene rings is 2. The molecule has 0 unspecified atom stereocenters. The second-order valence-electron chi connectivity index (χ2n) is 4.53. The highest BCUT2D eigenvalue weighted by atomic mass is 19.1. The van der Waals surface area contributed by atoms with Gasteiger partial charge in [0.1, 0.15) is 11.9 Å². The van der Waals surface area contributed by atoms with E-state index in [-0.39, 0.29) is 17.5 Å². The number of aromatic carboxylic acids is 1. The lowest BCUT2D eigenvalue weighted by atomic mass is 9.97. The van der Waals surface area contributed by atoms with Crippen molar-refractivity contribution < 1.29 is 14.3 Å². The normalized spacial score (nSPS) is 11.0. The van der Waals surface area contributed by atoms with Crippen LogP contribution in [0.1, 0.15) is 27.0 Å². The van der Waals surface area contributed by atoms with Gasteiger partial charge in [-0.25, -0.2) is 9.18 Å². The smallest absolute Gasteiger partial charge is 0.336 e. The van der Waals surface area contributed by atoms with Crippen molar-refractivity contribution in [2.75, 3.05) is 0 Å². The van der Waals surface area contributed by atoms with Crippen LogP contribution in [-0.4, -0.2) is 16.8 Å². The van der Waals surface area contributed by atoms with Crippen molar-refractivity contribution in [2.45, 2.75) is 6.42 Å². The van der Waals surface area contributed by atoms with Gasteiger partial charge in [-0.05, 0) is 23.8 Å². The summed E-state index contributed by atoms with van der Waals surface area (Å²) >= 11 is 0. The molecule has 22 heavy (non-hydrogen) atoms. The van der Waals surface area contributed by atoms with E-state index in [1.807, 2.05) is 0 Å². The van der Waals surface area contributed by atoms with Crippen LogP contribution in [0.15, 0.2) is 47.6 Å². The van der Waals surface area contributed by atoms with Crippen molar-refractivity contribution in [3.05, 3.63) is 70.5 Å². The first-order chi connectivity index (χ1) is 10.6. The van der Waals surface area contributed by atoms with Gasteiger partial charge in [0.05, 0.1) is 16.8 Å². The molecule has 0 bridgehead atoms. The Bertz CT molecular complexity index is 794. The molecule has 2 aromatic rings. The largest absolute Gasteiger partial charge is 0.478 e. The molecule has 2 aromatic carbocycles. The minimum atomic E-state index is -1.09. The van der Waals surface area contributed by atoms with E-state index in [0.717, 1.165) is 0 Å². The summed E-state index contributed by atoms with van der Waals surface area (Å²) in [7, 11) is 0. The SMILES string of the molecule is N#Cc1cc(C/C(=N/N)c2ccccc2C(=O)O)ccc1F. The predicted octanol–water partition coefficient (Wildman–Crippen LogP) is 2.30.